The van der Waals surface area contributed by atoms with Crippen LogP contribution in [0.15, 0.2) is 12.4 Å². The lowest BCUT2D eigenvalue weighted by atomic mass is 10.0. The fourth-order valence-electron chi connectivity index (χ4n) is 9.02. The molecule has 322 valence electrons. The van der Waals surface area contributed by atoms with Gasteiger partial charge in [-0.25, -0.2) is 0 Å². The standard InChI is InChI=1S/C52H104N2/c1-4-7-10-13-16-19-22-24-26-28-30-32-34-37-40-43-46-49-54-51-50-53(48-45-42-39-36-21-18-15-12-9-6-3)52(54)47-44-41-38-35-33-31-29-27-25-23-20-17-14-11-8-5-2/h50-52H,4-49H2,1-3H3. The highest BCUT2D eigenvalue weighted by atomic mass is 15.4. The van der Waals surface area contributed by atoms with Gasteiger partial charge in [-0.3, -0.25) is 0 Å². The van der Waals surface area contributed by atoms with Crippen LogP contribution in [0.1, 0.15) is 303 Å². The first kappa shape index (κ1) is 51.4. The van der Waals surface area contributed by atoms with Crippen LogP contribution < -0.4 is 0 Å². The van der Waals surface area contributed by atoms with Crippen molar-refractivity contribution in [2.75, 3.05) is 13.1 Å². The molecule has 54 heavy (non-hydrogen) atoms. The predicted octanol–water partition coefficient (Wildman–Crippen LogP) is 18.6. The Labute approximate surface area is 343 Å². The normalized spacial score (nSPS) is 14.3. The highest BCUT2D eigenvalue weighted by Gasteiger charge is 2.25. The van der Waals surface area contributed by atoms with Crippen LogP contribution >= 0.6 is 0 Å². The van der Waals surface area contributed by atoms with Gasteiger partial charge in [0.05, 0.1) is 0 Å². The van der Waals surface area contributed by atoms with Crippen LogP contribution in [0.25, 0.3) is 0 Å². The van der Waals surface area contributed by atoms with Gasteiger partial charge in [0.2, 0.25) is 0 Å². The quantitative estimate of drug-likeness (QED) is 0.0571. The summed E-state index contributed by atoms with van der Waals surface area (Å²) in [6, 6.07) is 0. The van der Waals surface area contributed by atoms with Gasteiger partial charge in [-0.15, -0.1) is 0 Å². The summed E-state index contributed by atoms with van der Waals surface area (Å²) in [7, 11) is 0. The fraction of sp³-hybridized carbons (Fsp3) is 0.962. The van der Waals surface area contributed by atoms with E-state index in [9.17, 15) is 0 Å². The lowest BCUT2D eigenvalue weighted by Gasteiger charge is -2.33. The molecule has 1 rings (SSSR count). The summed E-state index contributed by atoms with van der Waals surface area (Å²) in [5, 5.41) is 0. The van der Waals surface area contributed by atoms with Gasteiger partial charge in [0.25, 0.3) is 0 Å². The average Bonchev–Trinajstić information content (AvgIpc) is 3.57. The van der Waals surface area contributed by atoms with E-state index >= 15 is 0 Å². The largest absolute Gasteiger partial charge is 0.356 e. The summed E-state index contributed by atoms with van der Waals surface area (Å²) >= 11 is 0. The molecule has 2 nitrogen and oxygen atoms in total. The first-order valence-electron chi connectivity index (χ1n) is 26.0. The van der Waals surface area contributed by atoms with Gasteiger partial charge in [0.1, 0.15) is 6.17 Å². The van der Waals surface area contributed by atoms with Crippen molar-refractivity contribution in [3.8, 4) is 0 Å². The molecule has 1 heterocycles. The summed E-state index contributed by atoms with van der Waals surface area (Å²) in [5.41, 5.74) is 0. The van der Waals surface area contributed by atoms with Gasteiger partial charge in [-0.2, -0.15) is 0 Å². The molecule has 0 aromatic rings. The zero-order valence-electron chi connectivity index (χ0n) is 38.2. The van der Waals surface area contributed by atoms with Crippen LogP contribution in [0, 0.1) is 0 Å². The zero-order chi connectivity index (χ0) is 38.7. The minimum Gasteiger partial charge on any atom is -0.356 e. The Hall–Kier alpha value is -0.660. The lowest BCUT2D eigenvalue weighted by molar-refractivity contribution is 0.135. The van der Waals surface area contributed by atoms with Crippen LogP contribution in [0.2, 0.25) is 0 Å². The second kappa shape index (κ2) is 43.5. The Kier molecular flexibility index (Phi) is 41.3. The van der Waals surface area contributed by atoms with Gasteiger partial charge in [0.15, 0.2) is 0 Å². The number of rotatable bonds is 46. The molecule has 1 atom stereocenters. The minimum atomic E-state index is 0.635. The van der Waals surface area contributed by atoms with E-state index in [4.69, 9.17) is 0 Å². The molecule has 0 aliphatic carbocycles. The monoisotopic (exact) mass is 757 g/mol. The maximum Gasteiger partial charge on any atom is 0.101 e. The number of nitrogens with zero attached hydrogens (tertiary/aromatic N) is 2. The van der Waals surface area contributed by atoms with Gasteiger partial charge in [-0.1, -0.05) is 278 Å². The van der Waals surface area contributed by atoms with Crippen LogP contribution in [0.3, 0.4) is 0 Å². The van der Waals surface area contributed by atoms with Gasteiger partial charge >= 0.3 is 0 Å². The van der Waals surface area contributed by atoms with Crippen LogP contribution in [-0.4, -0.2) is 29.1 Å². The number of hydrogen-bond donors (Lipinski definition) is 0. The van der Waals surface area contributed by atoms with E-state index in [1.165, 1.54) is 296 Å². The van der Waals surface area contributed by atoms with E-state index < -0.39 is 0 Å². The second-order valence-corrected chi connectivity index (χ2v) is 18.2. The first-order valence-corrected chi connectivity index (χ1v) is 26.0. The Bertz CT molecular complexity index is 717. The molecule has 0 saturated heterocycles. The van der Waals surface area contributed by atoms with Crippen LogP contribution in [-0.2, 0) is 0 Å². The molecule has 0 aromatic carbocycles. The van der Waals surface area contributed by atoms with Crippen molar-refractivity contribution in [1.82, 2.24) is 9.80 Å². The van der Waals surface area contributed by atoms with E-state index in [-0.39, 0.29) is 0 Å². The van der Waals surface area contributed by atoms with E-state index in [0.29, 0.717) is 6.17 Å². The Morgan fingerprint density at radius 3 is 0.648 bits per heavy atom. The minimum absolute atomic E-state index is 0.635. The molecular weight excluding hydrogens is 653 g/mol. The topological polar surface area (TPSA) is 6.48 Å². The fourth-order valence-corrected chi connectivity index (χ4v) is 9.02. The van der Waals surface area contributed by atoms with Crippen molar-refractivity contribution in [1.29, 1.82) is 0 Å². The maximum atomic E-state index is 2.74. The highest BCUT2D eigenvalue weighted by Crippen LogP contribution is 2.24. The van der Waals surface area contributed by atoms with Crippen LogP contribution in [0.5, 0.6) is 0 Å². The van der Waals surface area contributed by atoms with Gasteiger partial charge in [-0.05, 0) is 25.7 Å². The molecule has 1 aliphatic heterocycles. The smallest absolute Gasteiger partial charge is 0.101 e. The third-order valence-electron chi connectivity index (χ3n) is 12.8. The van der Waals surface area contributed by atoms with Crippen molar-refractivity contribution in [3.05, 3.63) is 12.4 Å². The third kappa shape index (κ3) is 34.6. The molecule has 0 fully saturated rings. The van der Waals surface area contributed by atoms with Gasteiger partial charge < -0.3 is 9.80 Å². The summed E-state index contributed by atoms with van der Waals surface area (Å²) in [5.74, 6) is 0. The third-order valence-corrected chi connectivity index (χ3v) is 12.8. The van der Waals surface area contributed by atoms with Crippen molar-refractivity contribution >= 4 is 0 Å². The predicted molar refractivity (Wildman–Crippen MR) is 247 cm³/mol. The Morgan fingerprint density at radius 2 is 0.426 bits per heavy atom. The van der Waals surface area contributed by atoms with Crippen LogP contribution in [0.4, 0.5) is 0 Å². The Morgan fingerprint density at radius 1 is 0.241 bits per heavy atom. The molecule has 0 bridgehead atoms. The zero-order valence-corrected chi connectivity index (χ0v) is 38.2. The van der Waals surface area contributed by atoms with E-state index in [1.54, 1.807) is 0 Å². The van der Waals surface area contributed by atoms with E-state index in [1.807, 2.05) is 0 Å². The van der Waals surface area contributed by atoms with E-state index in [0.717, 1.165) is 0 Å². The molecule has 0 aromatic heterocycles. The maximum absolute atomic E-state index is 2.74. The van der Waals surface area contributed by atoms with Gasteiger partial charge in [0, 0.05) is 25.5 Å². The molecule has 0 radical (unpaired) electrons. The molecule has 0 amide bonds. The molecule has 2 heteroatoms. The summed E-state index contributed by atoms with van der Waals surface area (Å²) in [4.78, 5) is 5.48. The van der Waals surface area contributed by atoms with E-state index in [2.05, 4.69) is 43.0 Å². The highest BCUT2D eigenvalue weighted by molar-refractivity contribution is 4.97. The lowest BCUT2D eigenvalue weighted by Crippen LogP contribution is -2.39. The molecule has 1 aliphatic rings. The Balaban J connectivity index is 2.17. The molecule has 0 spiro atoms. The van der Waals surface area contributed by atoms with Crippen molar-refractivity contribution < 1.29 is 0 Å². The summed E-state index contributed by atoms with van der Waals surface area (Å²) < 4.78 is 0. The van der Waals surface area contributed by atoms with Crippen molar-refractivity contribution in [3.63, 3.8) is 0 Å². The van der Waals surface area contributed by atoms with Crippen molar-refractivity contribution in [2.24, 2.45) is 0 Å². The number of hydrogen-bond acceptors (Lipinski definition) is 2. The molecule has 1 unspecified atom stereocenters. The second-order valence-electron chi connectivity index (χ2n) is 18.2. The average molecular weight is 757 g/mol. The molecule has 0 N–H and O–H groups in total. The first-order chi connectivity index (χ1) is 26.8. The summed E-state index contributed by atoms with van der Waals surface area (Å²) in [6.07, 6.45) is 69.4. The molecule has 0 saturated carbocycles. The number of unbranched alkanes of at least 4 members (excludes halogenated alkanes) is 40. The molecular formula is C52H104N2. The SMILES string of the molecule is CCCCCCCCCCCCCCCCCCCN1C=CN(CCCCCCCCCCCC)C1CCCCCCCCCCCCCCCCCC. The summed E-state index contributed by atoms with van der Waals surface area (Å²) in [6.45, 7) is 9.50. The van der Waals surface area contributed by atoms with Crippen molar-refractivity contribution in [2.45, 2.75) is 309 Å².